The van der Waals surface area contributed by atoms with Crippen LogP contribution in [0.4, 0.5) is 0 Å². The molecule has 1 aliphatic heterocycles. The van der Waals surface area contributed by atoms with E-state index in [1.165, 1.54) is 0 Å². The summed E-state index contributed by atoms with van der Waals surface area (Å²) in [6.07, 6.45) is 4.86. The third-order valence-corrected chi connectivity index (χ3v) is 4.07. The van der Waals surface area contributed by atoms with Gasteiger partial charge in [-0.05, 0) is 43.4 Å². The fourth-order valence-electron chi connectivity index (χ4n) is 2.79. The summed E-state index contributed by atoms with van der Waals surface area (Å²) in [5, 5.41) is 0.612. The molecule has 1 unspecified atom stereocenters. The van der Waals surface area contributed by atoms with Gasteiger partial charge in [0.2, 0.25) is 0 Å². The lowest BCUT2D eigenvalue weighted by molar-refractivity contribution is 0.183. The minimum atomic E-state index is 0.00146. The fraction of sp³-hybridized carbons (Fsp3) is 0.500. The van der Waals surface area contributed by atoms with Crippen LogP contribution in [-0.2, 0) is 11.3 Å². The van der Waals surface area contributed by atoms with Crippen LogP contribution in [0.3, 0.4) is 0 Å². The third-order valence-electron chi connectivity index (χ3n) is 4.07. The number of rotatable bonds is 5. The van der Waals surface area contributed by atoms with Gasteiger partial charge in [-0.3, -0.25) is 9.36 Å². The van der Waals surface area contributed by atoms with Crippen LogP contribution in [0.25, 0.3) is 10.9 Å². The van der Waals surface area contributed by atoms with Gasteiger partial charge in [0.05, 0.1) is 24.3 Å². The van der Waals surface area contributed by atoms with Gasteiger partial charge in [0, 0.05) is 19.8 Å². The fourth-order valence-corrected chi connectivity index (χ4v) is 2.79. The number of hydrogen-bond donors (Lipinski definition) is 0. The van der Waals surface area contributed by atoms with Gasteiger partial charge in [-0.2, -0.15) is 0 Å². The van der Waals surface area contributed by atoms with E-state index in [-0.39, 0.29) is 5.56 Å². The molecule has 1 aliphatic rings. The van der Waals surface area contributed by atoms with Crippen molar-refractivity contribution in [3.8, 4) is 5.75 Å². The van der Waals surface area contributed by atoms with Crippen molar-refractivity contribution >= 4 is 10.9 Å². The van der Waals surface area contributed by atoms with Crippen LogP contribution in [0.1, 0.15) is 19.3 Å². The van der Waals surface area contributed by atoms with Crippen molar-refractivity contribution in [1.29, 1.82) is 0 Å². The molecule has 21 heavy (non-hydrogen) atoms. The monoisotopic (exact) mass is 288 g/mol. The second kappa shape index (κ2) is 6.26. The van der Waals surface area contributed by atoms with Crippen molar-refractivity contribution in [3.63, 3.8) is 0 Å². The largest absolute Gasteiger partial charge is 0.497 e. The van der Waals surface area contributed by atoms with Crippen molar-refractivity contribution in [2.24, 2.45) is 5.92 Å². The van der Waals surface area contributed by atoms with E-state index >= 15 is 0 Å². The Hall–Kier alpha value is -1.88. The second-order valence-electron chi connectivity index (χ2n) is 5.50. The average Bonchev–Trinajstić information content (AvgIpc) is 3.03. The molecule has 112 valence electrons. The Morgan fingerprint density at radius 1 is 1.48 bits per heavy atom. The van der Waals surface area contributed by atoms with E-state index in [1.807, 2.05) is 12.1 Å². The summed E-state index contributed by atoms with van der Waals surface area (Å²) in [5.41, 5.74) is 0.711. The van der Waals surface area contributed by atoms with Gasteiger partial charge in [0.15, 0.2) is 0 Å². The maximum Gasteiger partial charge on any atom is 0.261 e. The van der Waals surface area contributed by atoms with Gasteiger partial charge in [0.1, 0.15) is 5.75 Å². The highest BCUT2D eigenvalue weighted by Crippen LogP contribution is 2.19. The van der Waals surface area contributed by atoms with Gasteiger partial charge in [-0.25, -0.2) is 4.98 Å². The highest BCUT2D eigenvalue weighted by molar-refractivity contribution is 5.78. The van der Waals surface area contributed by atoms with Crippen LogP contribution in [0.15, 0.2) is 29.3 Å². The Bertz CT molecular complexity index is 675. The summed E-state index contributed by atoms with van der Waals surface area (Å²) >= 11 is 0. The molecule has 1 saturated heterocycles. The SMILES string of the molecule is COc1ccc2ncn(CCCC3CCOC3)c(=O)c2c1. The van der Waals surface area contributed by atoms with Crippen LogP contribution >= 0.6 is 0 Å². The summed E-state index contributed by atoms with van der Waals surface area (Å²) in [4.78, 5) is 16.8. The first-order valence-electron chi connectivity index (χ1n) is 7.39. The molecule has 2 heterocycles. The summed E-state index contributed by atoms with van der Waals surface area (Å²) in [6, 6.07) is 5.39. The van der Waals surface area contributed by atoms with E-state index in [0.717, 1.165) is 32.5 Å². The standard InChI is InChI=1S/C16H20N2O3/c1-20-13-4-5-15-14(9-13)16(19)18(11-17-15)7-2-3-12-6-8-21-10-12/h4-5,9,11-12H,2-3,6-8,10H2,1H3. The van der Waals surface area contributed by atoms with Crippen LogP contribution in [0.5, 0.6) is 5.75 Å². The Morgan fingerprint density at radius 3 is 3.14 bits per heavy atom. The van der Waals surface area contributed by atoms with E-state index < -0.39 is 0 Å². The molecule has 0 N–H and O–H groups in total. The molecule has 1 aromatic heterocycles. The quantitative estimate of drug-likeness (QED) is 0.846. The summed E-state index contributed by atoms with van der Waals surface area (Å²) < 4.78 is 12.2. The van der Waals surface area contributed by atoms with Crippen LogP contribution in [0.2, 0.25) is 0 Å². The number of ether oxygens (including phenoxy) is 2. The van der Waals surface area contributed by atoms with Crippen LogP contribution in [-0.4, -0.2) is 29.9 Å². The smallest absolute Gasteiger partial charge is 0.261 e. The van der Waals surface area contributed by atoms with Gasteiger partial charge < -0.3 is 9.47 Å². The topological polar surface area (TPSA) is 53.4 Å². The zero-order valence-corrected chi connectivity index (χ0v) is 12.2. The molecule has 5 nitrogen and oxygen atoms in total. The molecule has 0 bridgehead atoms. The van der Waals surface area contributed by atoms with E-state index in [4.69, 9.17) is 9.47 Å². The van der Waals surface area contributed by atoms with E-state index in [1.54, 1.807) is 24.1 Å². The molecule has 0 aliphatic carbocycles. The third kappa shape index (κ3) is 3.08. The number of benzene rings is 1. The predicted molar refractivity (Wildman–Crippen MR) is 80.7 cm³/mol. The number of nitrogens with zero attached hydrogens (tertiary/aromatic N) is 2. The highest BCUT2D eigenvalue weighted by atomic mass is 16.5. The highest BCUT2D eigenvalue weighted by Gasteiger charge is 2.15. The van der Waals surface area contributed by atoms with Crippen molar-refractivity contribution < 1.29 is 9.47 Å². The molecule has 0 spiro atoms. The molecule has 0 amide bonds. The van der Waals surface area contributed by atoms with Crippen LogP contribution < -0.4 is 10.3 Å². The molecule has 0 radical (unpaired) electrons. The first-order chi connectivity index (χ1) is 10.3. The maximum absolute atomic E-state index is 12.5. The summed E-state index contributed by atoms with van der Waals surface area (Å²) in [7, 11) is 1.60. The predicted octanol–water partition coefficient (Wildman–Crippen LogP) is 2.22. The summed E-state index contributed by atoms with van der Waals surface area (Å²) in [6.45, 7) is 2.44. The van der Waals surface area contributed by atoms with Gasteiger partial charge >= 0.3 is 0 Å². The van der Waals surface area contributed by atoms with Crippen molar-refractivity contribution in [2.75, 3.05) is 20.3 Å². The molecular weight excluding hydrogens is 268 g/mol. The lowest BCUT2D eigenvalue weighted by Crippen LogP contribution is -2.21. The van der Waals surface area contributed by atoms with Crippen molar-refractivity contribution in [2.45, 2.75) is 25.8 Å². The zero-order chi connectivity index (χ0) is 14.7. The summed E-state index contributed by atoms with van der Waals surface area (Å²) in [5.74, 6) is 1.33. The van der Waals surface area contributed by atoms with Crippen LogP contribution in [0, 0.1) is 5.92 Å². The molecular formula is C16H20N2O3. The Labute approximate surface area is 123 Å². The second-order valence-corrected chi connectivity index (χ2v) is 5.50. The first kappa shape index (κ1) is 14.1. The average molecular weight is 288 g/mol. The molecule has 1 fully saturated rings. The first-order valence-corrected chi connectivity index (χ1v) is 7.39. The van der Waals surface area contributed by atoms with E-state index in [9.17, 15) is 4.79 Å². The van der Waals surface area contributed by atoms with Crippen molar-refractivity contribution in [1.82, 2.24) is 9.55 Å². The maximum atomic E-state index is 12.5. The number of methoxy groups -OCH3 is 1. The minimum absolute atomic E-state index is 0.00146. The molecule has 3 rings (SSSR count). The number of aromatic nitrogens is 2. The lowest BCUT2D eigenvalue weighted by atomic mass is 10.0. The number of fused-ring (bicyclic) bond motifs is 1. The molecule has 2 aromatic rings. The minimum Gasteiger partial charge on any atom is -0.497 e. The Morgan fingerprint density at radius 2 is 2.38 bits per heavy atom. The van der Waals surface area contributed by atoms with E-state index in [2.05, 4.69) is 4.98 Å². The molecule has 0 saturated carbocycles. The lowest BCUT2D eigenvalue weighted by Gasteiger charge is -2.09. The molecule has 1 atom stereocenters. The van der Waals surface area contributed by atoms with E-state index in [0.29, 0.717) is 29.1 Å². The van der Waals surface area contributed by atoms with Gasteiger partial charge in [0.25, 0.3) is 5.56 Å². The molecule has 1 aromatic carbocycles. The van der Waals surface area contributed by atoms with Crippen molar-refractivity contribution in [3.05, 3.63) is 34.9 Å². The van der Waals surface area contributed by atoms with Gasteiger partial charge in [-0.15, -0.1) is 0 Å². The molecule has 5 heteroatoms. The Kier molecular flexibility index (Phi) is 4.20. The Balaban J connectivity index is 1.75. The number of hydrogen-bond acceptors (Lipinski definition) is 4. The number of aryl methyl sites for hydroxylation is 1. The van der Waals surface area contributed by atoms with Gasteiger partial charge in [-0.1, -0.05) is 0 Å². The normalized spacial score (nSPS) is 18.2. The zero-order valence-electron chi connectivity index (χ0n) is 12.2.